The fourth-order valence-electron chi connectivity index (χ4n) is 3.04. The Morgan fingerprint density at radius 2 is 2.00 bits per heavy atom. The number of piperidine rings is 1. The molecule has 1 aromatic heterocycles. The van der Waals surface area contributed by atoms with Crippen LogP contribution in [-0.2, 0) is 15.8 Å². The van der Waals surface area contributed by atoms with Gasteiger partial charge in [0.25, 0.3) is 5.91 Å². The second-order valence-electron chi connectivity index (χ2n) is 6.46. The molecule has 5 nitrogen and oxygen atoms in total. The van der Waals surface area contributed by atoms with E-state index >= 15 is 0 Å². The molecule has 8 heteroatoms. The summed E-state index contributed by atoms with van der Waals surface area (Å²) in [6.45, 7) is 2.60. The van der Waals surface area contributed by atoms with Gasteiger partial charge in [-0.3, -0.25) is 4.79 Å². The number of carbonyl (C=O) groups is 1. The number of thioether (sulfide) groups is 1. The van der Waals surface area contributed by atoms with Crippen LogP contribution in [-0.4, -0.2) is 43.5 Å². The van der Waals surface area contributed by atoms with Crippen LogP contribution in [0.15, 0.2) is 46.0 Å². The predicted molar refractivity (Wildman–Crippen MR) is 112 cm³/mol. The highest BCUT2D eigenvalue weighted by atomic mass is 32.2. The van der Waals surface area contributed by atoms with Crippen molar-refractivity contribution in [2.45, 2.75) is 36.5 Å². The molecule has 1 saturated heterocycles. The van der Waals surface area contributed by atoms with Crippen LogP contribution in [0.2, 0.25) is 0 Å². The van der Waals surface area contributed by atoms with Crippen LogP contribution in [0.3, 0.4) is 0 Å². The zero-order valence-electron chi connectivity index (χ0n) is 15.3. The molecule has 0 radical (unpaired) electrons. The van der Waals surface area contributed by atoms with Crippen molar-refractivity contribution in [3.05, 3.63) is 52.2 Å². The number of sulfonamides is 1. The fraction of sp³-hybridized carbons (Fsp3) is 0.421. The molecule has 3 rings (SSSR count). The second-order valence-corrected chi connectivity index (χ2v) is 10.5. The number of thiophene rings is 1. The number of rotatable bonds is 7. The Labute approximate surface area is 169 Å². The van der Waals surface area contributed by atoms with Gasteiger partial charge in [-0.15, -0.1) is 11.8 Å². The highest BCUT2D eigenvalue weighted by Gasteiger charge is 2.27. The Kier molecular flexibility index (Phi) is 6.97. The van der Waals surface area contributed by atoms with Gasteiger partial charge in [0, 0.05) is 29.8 Å². The highest BCUT2D eigenvalue weighted by molar-refractivity contribution is 7.98. The third kappa shape index (κ3) is 5.34. The lowest BCUT2D eigenvalue weighted by Crippen LogP contribution is -2.46. The summed E-state index contributed by atoms with van der Waals surface area (Å²) in [7, 11) is -3.14. The van der Waals surface area contributed by atoms with Crippen molar-refractivity contribution in [3.63, 3.8) is 0 Å². The van der Waals surface area contributed by atoms with Gasteiger partial charge in [0.1, 0.15) is 0 Å². The quantitative estimate of drug-likeness (QED) is 0.690. The molecule has 2 aromatic rings. The molecular formula is C19H24N2O3S3. The zero-order valence-corrected chi connectivity index (χ0v) is 17.7. The van der Waals surface area contributed by atoms with E-state index in [2.05, 4.69) is 22.1 Å². The monoisotopic (exact) mass is 424 g/mol. The van der Waals surface area contributed by atoms with E-state index in [1.807, 2.05) is 24.3 Å². The summed E-state index contributed by atoms with van der Waals surface area (Å²) in [5, 5.41) is 7.26. The van der Waals surface area contributed by atoms with E-state index in [0.717, 1.165) is 10.6 Å². The van der Waals surface area contributed by atoms with Crippen LogP contribution in [0.5, 0.6) is 0 Å². The molecule has 0 unspecified atom stereocenters. The number of nitrogens with zero attached hydrogens (tertiary/aromatic N) is 1. The van der Waals surface area contributed by atoms with E-state index < -0.39 is 10.0 Å². The van der Waals surface area contributed by atoms with Crippen molar-refractivity contribution in [2.75, 3.05) is 18.8 Å². The van der Waals surface area contributed by atoms with Crippen molar-refractivity contribution >= 4 is 39.0 Å². The lowest BCUT2D eigenvalue weighted by Gasteiger charge is -2.31. The number of nitrogens with one attached hydrogen (secondary N) is 1. The predicted octanol–water partition coefficient (Wildman–Crippen LogP) is 3.58. The first kappa shape index (κ1) is 20.4. The maximum absolute atomic E-state index is 12.8. The summed E-state index contributed by atoms with van der Waals surface area (Å²) in [6, 6.07) is 9.75. The lowest BCUT2D eigenvalue weighted by molar-refractivity contribution is 0.0921. The molecule has 2 heterocycles. The largest absolute Gasteiger partial charge is 0.349 e. The van der Waals surface area contributed by atoms with Crippen molar-refractivity contribution in [1.29, 1.82) is 0 Å². The zero-order chi connectivity index (χ0) is 19.3. The Morgan fingerprint density at radius 1 is 1.26 bits per heavy atom. The van der Waals surface area contributed by atoms with Crippen molar-refractivity contribution in [3.8, 4) is 0 Å². The lowest BCUT2D eigenvalue weighted by atomic mass is 10.1. The molecule has 1 aromatic carbocycles. The fourth-order valence-corrected chi connectivity index (χ4v) is 5.94. The van der Waals surface area contributed by atoms with E-state index in [4.69, 9.17) is 0 Å². The van der Waals surface area contributed by atoms with Crippen LogP contribution in [0.25, 0.3) is 0 Å². The van der Waals surface area contributed by atoms with Gasteiger partial charge in [0.15, 0.2) is 0 Å². The van der Waals surface area contributed by atoms with Gasteiger partial charge in [0.2, 0.25) is 10.0 Å². The van der Waals surface area contributed by atoms with Crippen LogP contribution in [0, 0.1) is 0 Å². The molecule has 1 amide bonds. The number of amides is 1. The van der Waals surface area contributed by atoms with Gasteiger partial charge in [-0.2, -0.15) is 11.3 Å². The first-order valence-electron chi connectivity index (χ1n) is 9.01. The Hall–Kier alpha value is -1.35. The van der Waals surface area contributed by atoms with Crippen LogP contribution < -0.4 is 5.32 Å². The molecule has 1 fully saturated rings. The van der Waals surface area contributed by atoms with E-state index in [-0.39, 0.29) is 17.7 Å². The normalized spacial score (nSPS) is 16.3. The van der Waals surface area contributed by atoms with E-state index in [1.54, 1.807) is 30.0 Å². The van der Waals surface area contributed by atoms with Crippen molar-refractivity contribution in [2.24, 2.45) is 0 Å². The summed E-state index contributed by atoms with van der Waals surface area (Å²) in [4.78, 5) is 13.7. The summed E-state index contributed by atoms with van der Waals surface area (Å²) in [5.41, 5.74) is 1.94. The Bertz CT molecular complexity index is 858. The van der Waals surface area contributed by atoms with Gasteiger partial charge in [-0.25, -0.2) is 12.7 Å². The standard InChI is InChI=1S/C19H24N2O3S3/c1-2-27(23,24)21-10-7-16(8-11-21)20-19(22)17-5-3-4-6-18(17)26-14-15-9-12-25-13-15/h3-6,9,12-13,16H,2,7-8,10-11,14H2,1H3,(H,20,22). The molecule has 0 atom stereocenters. The van der Waals surface area contributed by atoms with Gasteiger partial charge in [-0.05, 0) is 54.3 Å². The van der Waals surface area contributed by atoms with Crippen LogP contribution >= 0.6 is 23.1 Å². The number of benzene rings is 1. The molecule has 0 bridgehead atoms. The number of hydrogen-bond donors (Lipinski definition) is 1. The van der Waals surface area contributed by atoms with Crippen LogP contribution in [0.1, 0.15) is 35.7 Å². The van der Waals surface area contributed by atoms with Crippen molar-refractivity contribution in [1.82, 2.24) is 9.62 Å². The summed E-state index contributed by atoms with van der Waals surface area (Å²) >= 11 is 3.33. The van der Waals surface area contributed by atoms with E-state index in [0.29, 0.717) is 31.5 Å². The first-order chi connectivity index (χ1) is 13.0. The minimum atomic E-state index is -3.14. The van der Waals surface area contributed by atoms with Crippen LogP contribution in [0.4, 0.5) is 0 Å². The first-order valence-corrected chi connectivity index (χ1v) is 12.5. The molecule has 0 aliphatic carbocycles. The minimum absolute atomic E-state index is 0.00994. The maximum Gasteiger partial charge on any atom is 0.252 e. The molecule has 1 N–H and O–H groups in total. The summed E-state index contributed by atoms with van der Waals surface area (Å²) in [5.74, 6) is 0.875. The van der Waals surface area contributed by atoms with Gasteiger partial charge < -0.3 is 5.32 Å². The molecule has 1 aliphatic rings. The van der Waals surface area contributed by atoms with Gasteiger partial charge in [0.05, 0.1) is 11.3 Å². The Balaban J connectivity index is 1.59. The number of carbonyl (C=O) groups excluding carboxylic acids is 1. The average molecular weight is 425 g/mol. The molecule has 0 saturated carbocycles. The van der Waals surface area contributed by atoms with Gasteiger partial charge >= 0.3 is 0 Å². The van der Waals surface area contributed by atoms with Gasteiger partial charge in [-0.1, -0.05) is 12.1 Å². The molecule has 0 spiro atoms. The second kappa shape index (κ2) is 9.23. The third-order valence-corrected chi connectivity index (χ3v) is 8.41. The average Bonchev–Trinajstić information content (AvgIpc) is 3.20. The minimum Gasteiger partial charge on any atom is -0.349 e. The topological polar surface area (TPSA) is 66.5 Å². The van der Waals surface area contributed by atoms with Crippen molar-refractivity contribution < 1.29 is 13.2 Å². The maximum atomic E-state index is 12.8. The molecule has 1 aliphatic heterocycles. The Morgan fingerprint density at radius 3 is 2.67 bits per heavy atom. The third-order valence-electron chi connectivity index (χ3n) is 4.65. The summed E-state index contributed by atoms with van der Waals surface area (Å²) < 4.78 is 25.4. The number of hydrogen-bond acceptors (Lipinski definition) is 5. The molecule has 146 valence electrons. The SMILES string of the molecule is CCS(=O)(=O)N1CCC(NC(=O)c2ccccc2SCc2ccsc2)CC1. The molecule has 27 heavy (non-hydrogen) atoms. The smallest absolute Gasteiger partial charge is 0.252 e. The summed E-state index contributed by atoms with van der Waals surface area (Å²) in [6.07, 6.45) is 1.30. The molecular weight excluding hydrogens is 400 g/mol. The van der Waals surface area contributed by atoms with E-state index in [1.165, 1.54) is 9.87 Å². The van der Waals surface area contributed by atoms with E-state index in [9.17, 15) is 13.2 Å². The highest BCUT2D eigenvalue weighted by Crippen LogP contribution is 2.27.